The minimum atomic E-state index is -4.47. The van der Waals surface area contributed by atoms with E-state index in [1.807, 2.05) is 4.90 Å². The molecule has 194 valence electrons. The lowest BCUT2D eigenvalue weighted by Crippen LogP contribution is -2.63. The maximum absolute atomic E-state index is 14.4. The van der Waals surface area contributed by atoms with Gasteiger partial charge in [0.25, 0.3) is 0 Å². The van der Waals surface area contributed by atoms with Crippen molar-refractivity contribution in [2.45, 2.75) is 108 Å². The predicted octanol–water partition coefficient (Wildman–Crippen LogP) is 3.01. The van der Waals surface area contributed by atoms with Gasteiger partial charge in [0.15, 0.2) is 0 Å². The van der Waals surface area contributed by atoms with E-state index in [2.05, 4.69) is 17.6 Å². The van der Waals surface area contributed by atoms with Gasteiger partial charge in [-0.25, -0.2) is 4.39 Å². The Morgan fingerprint density at radius 2 is 1.85 bits per heavy atom. The van der Waals surface area contributed by atoms with E-state index in [-0.39, 0.29) is 49.5 Å². The van der Waals surface area contributed by atoms with Crippen LogP contribution in [0.3, 0.4) is 0 Å². The van der Waals surface area contributed by atoms with E-state index >= 15 is 0 Å². The number of carbonyl (C=O) groups is 2. The van der Waals surface area contributed by atoms with Gasteiger partial charge >= 0.3 is 6.18 Å². The summed E-state index contributed by atoms with van der Waals surface area (Å²) in [7, 11) is 0. The number of nitrogens with one attached hydrogen (secondary N) is 2. The van der Waals surface area contributed by atoms with Crippen LogP contribution in [0.1, 0.15) is 65.2 Å². The summed E-state index contributed by atoms with van der Waals surface area (Å²) in [5.74, 6) is -0.370. The highest BCUT2D eigenvalue weighted by Crippen LogP contribution is 2.39. The fourth-order valence-corrected chi connectivity index (χ4v) is 6.65. The molecule has 0 bridgehead atoms. The Morgan fingerprint density at radius 3 is 2.53 bits per heavy atom. The van der Waals surface area contributed by atoms with E-state index in [1.54, 1.807) is 6.92 Å². The van der Waals surface area contributed by atoms with Gasteiger partial charge in [0.1, 0.15) is 12.2 Å². The number of halogens is 4. The summed E-state index contributed by atoms with van der Waals surface area (Å²) in [6, 6.07) is -2.33. The molecule has 0 radical (unpaired) electrons. The molecule has 2 aliphatic carbocycles. The van der Waals surface area contributed by atoms with E-state index in [0.29, 0.717) is 31.7 Å². The molecular formula is C24H38F4N4O2. The SMILES string of the molecule is CCC(=O)N1CCN([C@@H]2CCC[C@@H](NC(=O)C3CC4C(F)CCC(C)C4N3)C2)C[C@H]1C(F)(F)F. The molecule has 4 aliphatic rings. The van der Waals surface area contributed by atoms with Crippen molar-refractivity contribution < 1.29 is 27.2 Å². The van der Waals surface area contributed by atoms with Gasteiger partial charge in [-0.1, -0.05) is 13.8 Å². The Bertz CT molecular complexity index is 733. The van der Waals surface area contributed by atoms with E-state index in [1.165, 1.54) is 0 Å². The smallest absolute Gasteiger partial charge is 0.352 e. The van der Waals surface area contributed by atoms with Crippen molar-refractivity contribution in [2.24, 2.45) is 11.8 Å². The number of rotatable bonds is 4. The molecule has 34 heavy (non-hydrogen) atoms. The van der Waals surface area contributed by atoms with Crippen molar-refractivity contribution in [3.8, 4) is 0 Å². The molecule has 2 saturated carbocycles. The van der Waals surface area contributed by atoms with Crippen LogP contribution in [-0.2, 0) is 9.59 Å². The van der Waals surface area contributed by atoms with E-state index in [9.17, 15) is 27.2 Å². The van der Waals surface area contributed by atoms with Gasteiger partial charge in [-0.15, -0.1) is 0 Å². The fourth-order valence-electron chi connectivity index (χ4n) is 6.65. The number of nitrogens with zero attached hydrogens (tertiary/aromatic N) is 2. The van der Waals surface area contributed by atoms with Crippen LogP contribution in [0.15, 0.2) is 0 Å². The second-order valence-corrected chi connectivity index (χ2v) is 10.7. The third kappa shape index (κ3) is 5.37. The number of hydrogen-bond donors (Lipinski definition) is 2. The number of hydrogen-bond acceptors (Lipinski definition) is 4. The molecule has 2 amide bonds. The van der Waals surface area contributed by atoms with Crippen molar-refractivity contribution in [1.82, 2.24) is 20.4 Å². The second kappa shape index (κ2) is 10.3. The molecule has 5 unspecified atom stereocenters. The van der Waals surface area contributed by atoms with Crippen LogP contribution in [0.25, 0.3) is 0 Å². The third-order valence-electron chi connectivity index (χ3n) is 8.58. The average Bonchev–Trinajstić information content (AvgIpc) is 3.27. The van der Waals surface area contributed by atoms with Crippen LogP contribution >= 0.6 is 0 Å². The van der Waals surface area contributed by atoms with Crippen LogP contribution in [-0.4, -0.2) is 83.8 Å². The zero-order valence-electron chi connectivity index (χ0n) is 20.1. The number of amides is 2. The normalized spacial score (nSPS) is 39.5. The van der Waals surface area contributed by atoms with Crippen molar-refractivity contribution in [2.75, 3.05) is 19.6 Å². The summed E-state index contributed by atoms with van der Waals surface area (Å²) in [5, 5.41) is 6.46. The molecule has 0 aromatic rings. The molecule has 2 N–H and O–H groups in total. The first-order valence-electron chi connectivity index (χ1n) is 12.9. The van der Waals surface area contributed by atoms with Gasteiger partial charge in [0, 0.05) is 50.1 Å². The molecule has 2 saturated heterocycles. The summed E-state index contributed by atoms with van der Waals surface area (Å²) in [4.78, 5) is 27.9. The highest BCUT2D eigenvalue weighted by Gasteiger charge is 2.49. The van der Waals surface area contributed by atoms with Gasteiger partial charge in [-0.05, 0) is 50.9 Å². The third-order valence-corrected chi connectivity index (χ3v) is 8.58. The molecule has 0 aromatic heterocycles. The zero-order valence-corrected chi connectivity index (χ0v) is 20.1. The molecular weight excluding hydrogens is 452 g/mol. The van der Waals surface area contributed by atoms with Crippen molar-refractivity contribution in [3.63, 3.8) is 0 Å². The van der Waals surface area contributed by atoms with Crippen molar-refractivity contribution >= 4 is 11.8 Å². The summed E-state index contributed by atoms with van der Waals surface area (Å²) in [5.41, 5.74) is 0. The average molecular weight is 491 g/mol. The van der Waals surface area contributed by atoms with Gasteiger partial charge in [0.05, 0.1) is 6.04 Å². The summed E-state index contributed by atoms with van der Waals surface area (Å²) >= 11 is 0. The first-order chi connectivity index (χ1) is 16.1. The maximum Gasteiger partial charge on any atom is 0.410 e. The van der Waals surface area contributed by atoms with E-state index in [0.717, 1.165) is 30.6 Å². The van der Waals surface area contributed by atoms with Gasteiger partial charge in [-0.2, -0.15) is 13.2 Å². The zero-order chi connectivity index (χ0) is 24.6. The highest BCUT2D eigenvalue weighted by atomic mass is 19.4. The van der Waals surface area contributed by atoms with Gasteiger partial charge < -0.3 is 15.5 Å². The number of alkyl halides is 4. The number of fused-ring (bicyclic) bond motifs is 1. The van der Waals surface area contributed by atoms with E-state index < -0.39 is 30.3 Å². The fraction of sp³-hybridized carbons (Fsp3) is 0.917. The summed E-state index contributed by atoms with van der Waals surface area (Å²) < 4.78 is 55.6. The Morgan fingerprint density at radius 1 is 1.09 bits per heavy atom. The predicted molar refractivity (Wildman–Crippen MR) is 120 cm³/mol. The van der Waals surface area contributed by atoms with Crippen molar-refractivity contribution in [3.05, 3.63) is 0 Å². The molecule has 4 rings (SSSR count). The number of carbonyl (C=O) groups excluding carboxylic acids is 2. The Balaban J connectivity index is 1.34. The van der Waals surface area contributed by atoms with Crippen LogP contribution < -0.4 is 10.6 Å². The van der Waals surface area contributed by atoms with Crippen LogP contribution in [0.2, 0.25) is 0 Å². The number of piperazine rings is 1. The standard InChI is InChI=1S/C24H38F4N4O2/c1-3-21(33)32-10-9-31(13-20(32)24(26,27)28)16-6-4-5-15(11-16)29-23(34)19-12-17-18(25)8-7-14(2)22(17)30-19/h14-20,22,30H,3-13H2,1-2H3,(H,29,34)/t14?,15-,16-,17?,18?,19?,20+,22?/m1/s1. The lowest BCUT2D eigenvalue weighted by atomic mass is 9.77. The second-order valence-electron chi connectivity index (χ2n) is 10.7. The minimum absolute atomic E-state index is 0.0278. The van der Waals surface area contributed by atoms with Crippen LogP contribution in [0, 0.1) is 11.8 Å². The van der Waals surface area contributed by atoms with Crippen molar-refractivity contribution in [1.29, 1.82) is 0 Å². The molecule has 6 nitrogen and oxygen atoms in total. The Hall–Kier alpha value is -1.42. The summed E-state index contributed by atoms with van der Waals surface area (Å²) in [6.45, 7) is 3.95. The lowest BCUT2D eigenvalue weighted by molar-refractivity contribution is -0.203. The first kappa shape index (κ1) is 25.7. The lowest BCUT2D eigenvalue weighted by Gasteiger charge is -2.46. The van der Waals surface area contributed by atoms with Gasteiger partial charge in [0.2, 0.25) is 11.8 Å². The first-order valence-corrected chi connectivity index (χ1v) is 12.9. The molecule has 8 atom stereocenters. The highest BCUT2D eigenvalue weighted by molar-refractivity contribution is 5.82. The molecule has 0 aromatic carbocycles. The molecule has 2 heterocycles. The summed E-state index contributed by atoms with van der Waals surface area (Å²) in [6.07, 6.45) is -0.406. The topological polar surface area (TPSA) is 64.7 Å². The van der Waals surface area contributed by atoms with Gasteiger partial charge in [-0.3, -0.25) is 14.5 Å². The Kier molecular flexibility index (Phi) is 7.77. The van der Waals surface area contributed by atoms with Crippen LogP contribution in [0.4, 0.5) is 17.6 Å². The largest absolute Gasteiger partial charge is 0.410 e. The minimum Gasteiger partial charge on any atom is -0.352 e. The maximum atomic E-state index is 14.4. The molecule has 2 aliphatic heterocycles. The quantitative estimate of drug-likeness (QED) is 0.595. The monoisotopic (exact) mass is 490 g/mol. The Labute approximate surface area is 199 Å². The molecule has 0 spiro atoms. The molecule has 4 fully saturated rings. The van der Waals surface area contributed by atoms with Crippen LogP contribution in [0.5, 0.6) is 0 Å². The van der Waals surface area contributed by atoms with E-state index in [4.69, 9.17) is 0 Å². The molecule has 10 heteroatoms.